The Labute approximate surface area is 96.0 Å². The topological polar surface area (TPSA) is 46.6 Å². The first-order valence-corrected chi connectivity index (χ1v) is 5.07. The third-order valence-corrected chi connectivity index (χ3v) is 1.98. The van der Waals surface area contributed by atoms with Crippen LogP contribution in [-0.4, -0.2) is 33.8 Å². The Morgan fingerprint density at radius 1 is 1.50 bits per heavy atom. The smallest absolute Gasteiger partial charge is 0.416 e. The number of ether oxygens (including phenoxy) is 1. The summed E-state index contributed by atoms with van der Waals surface area (Å²) in [5, 5.41) is 0. The first-order valence-electron chi connectivity index (χ1n) is 3.94. The number of hydrogen-bond acceptors (Lipinski definition) is 3. The second-order valence-electron chi connectivity index (χ2n) is 2.82. The second-order valence-corrected chi connectivity index (χ2v) is 5.33. The van der Waals surface area contributed by atoms with E-state index in [1.165, 1.54) is 0 Å². The molecule has 1 heterocycles. The third kappa shape index (κ3) is 3.52. The molecule has 0 aromatic rings. The number of likely N-dealkylation sites (tertiary alicyclic amines) is 1. The Bertz CT molecular complexity index is 251. The van der Waals surface area contributed by atoms with Gasteiger partial charge in [-0.2, -0.15) is 0 Å². The molecule has 0 aromatic carbocycles. The van der Waals surface area contributed by atoms with Crippen LogP contribution in [0.15, 0.2) is 0 Å². The van der Waals surface area contributed by atoms with E-state index in [9.17, 15) is 9.59 Å². The molecule has 0 atom stereocenters. The molecular formula is C7H8Cl3NO3. The molecule has 1 rings (SSSR count). The molecule has 4 nitrogen and oxygen atoms in total. The fraction of sp³-hybridized carbons (Fsp3) is 0.714. The zero-order valence-electron chi connectivity index (χ0n) is 7.13. The Morgan fingerprint density at radius 2 is 2.14 bits per heavy atom. The lowest BCUT2D eigenvalue weighted by Gasteiger charge is -2.16. The van der Waals surface area contributed by atoms with Gasteiger partial charge in [0.05, 0.1) is 0 Å². The van der Waals surface area contributed by atoms with Crippen molar-refractivity contribution in [2.75, 3.05) is 13.2 Å². The maximum atomic E-state index is 11.2. The van der Waals surface area contributed by atoms with Crippen molar-refractivity contribution < 1.29 is 14.3 Å². The van der Waals surface area contributed by atoms with Crippen molar-refractivity contribution in [1.82, 2.24) is 4.90 Å². The molecule has 0 aliphatic carbocycles. The Morgan fingerprint density at radius 3 is 2.57 bits per heavy atom. The van der Waals surface area contributed by atoms with Gasteiger partial charge in [-0.1, -0.05) is 34.8 Å². The third-order valence-electron chi connectivity index (χ3n) is 1.65. The number of amides is 2. The molecule has 0 spiro atoms. The Balaban J connectivity index is 2.39. The van der Waals surface area contributed by atoms with E-state index >= 15 is 0 Å². The van der Waals surface area contributed by atoms with Crippen LogP contribution in [0.2, 0.25) is 0 Å². The van der Waals surface area contributed by atoms with E-state index in [0.717, 1.165) is 4.90 Å². The van der Waals surface area contributed by atoms with E-state index in [0.29, 0.717) is 19.4 Å². The molecule has 0 aromatic heterocycles. The lowest BCUT2D eigenvalue weighted by molar-refractivity contribution is -0.126. The summed E-state index contributed by atoms with van der Waals surface area (Å²) in [6.07, 6.45) is 0.267. The van der Waals surface area contributed by atoms with Crippen LogP contribution in [0, 0.1) is 0 Å². The number of imide groups is 1. The van der Waals surface area contributed by atoms with Crippen LogP contribution < -0.4 is 0 Å². The average molecular weight is 261 g/mol. The largest absolute Gasteiger partial charge is 0.445 e. The van der Waals surface area contributed by atoms with Gasteiger partial charge in [0.25, 0.3) is 0 Å². The van der Waals surface area contributed by atoms with E-state index in [1.54, 1.807) is 0 Å². The van der Waals surface area contributed by atoms with Crippen molar-refractivity contribution >= 4 is 46.8 Å². The van der Waals surface area contributed by atoms with E-state index in [1.807, 2.05) is 0 Å². The minimum absolute atomic E-state index is 0.251. The highest BCUT2D eigenvalue weighted by molar-refractivity contribution is 6.67. The number of halogens is 3. The number of alkyl halides is 3. The molecule has 7 heteroatoms. The van der Waals surface area contributed by atoms with Crippen molar-refractivity contribution in [2.45, 2.75) is 16.6 Å². The van der Waals surface area contributed by atoms with E-state index in [-0.39, 0.29) is 12.5 Å². The van der Waals surface area contributed by atoms with Gasteiger partial charge < -0.3 is 4.74 Å². The van der Waals surface area contributed by atoms with Gasteiger partial charge in [-0.15, -0.1) is 0 Å². The van der Waals surface area contributed by atoms with Gasteiger partial charge in [0, 0.05) is 13.0 Å². The minimum Gasteiger partial charge on any atom is -0.445 e. The SMILES string of the molecule is O=C1CCCN1C(=O)OCC(Cl)(Cl)Cl. The minimum atomic E-state index is -1.64. The number of rotatable bonds is 1. The molecule has 1 aliphatic heterocycles. The summed E-state index contributed by atoms with van der Waals surface area (Å²) >= 11 is 16.1. The zero-order chi connectivity index (χ0) is 10.8. The lowest BCUT2D eigenvalue weighted by atomic mass is 10.4. The van der Waals surface area contributed by atoms with Crippen LogP contribution in [0.3, 0.4) is 0 Å². The fourth-order valence-corrected chi connectivity index (χ4v) is 1.23. The van der Waals surface area contributed by atoms with E-state index in [2.05, 4.69) is 4.74 Å². The van der Waals surface area contributed by atoms with Crippen molar-refractivity contribution in [1.29, 1.82) is 0 Å². The van der Waals surface area contributed by atoms with Gasteiger partial charge in [0.15, 0.2) is 0 Å². The molecule has 1 saturated heterocycles. The number of nitrogens with zero attached hydrogens (tertiary/aromatic N) is 1. The molecule has 0 bridgehead atoms. The summed E-state index contributed by atoms with van der Waals surface area (Å²) in [7, 11) is 0. The standard InChI is InChI=1S/C7H8Cl3NO3/c8-7(9,10)4-14-6(13)11-3-1-2-5(11)12/h1-4H2. The van der Waals surface area contributed by atoms with Crippen molar-refractivity contribution in [3.8, 4) is 0 Å². The molecule has 1 aliphatic rings. The highest BCUT2D eigenvalue weighted by atomic mass is 35.6. The van der Waals surface area contributed by atoms with Crippen molar-refractivity contribution in [3.05, 3.63) is 0 Å². The molecule has 2 amide bonds. The lowest BCUT2D eigenvalue weighted by Crippen LogP contribution is -2.34. The predicted molar refractivity (Wildman–Crippen MR) is 52.6 cm³/mol. The van der Waals surface area contributed by atoms with Crippen LogP contribution in [0.4, 0.5) is 4.79 Å². The summed E-state index contributed by atoms with van der Waals surface area (Å²) in [4.78, 5) is 23.3. The van der Waals surface area contributed by atoms with Gasteiger partial charge in [-0.25, -0.2) is 9.69 Å². The zero-order valence-corrected chi connectivity index (χ0v) is 9.40. The van der Waals surface area contributed by atoms with Crippen LogP contribution in [0.1, 0.15) is 12.8 Å². The highest BCUT2D eigenvalue weighted by Crippen LogP contribution is 2.26. The van der Waals surface area contributed by atoms with Gasteiger partial charge in [0.1, 0.15) is 6.61 Å². The highest BCUT2D eigenvalue weighted by Gasteiger charge is 2.30. The van der Waals surface area contributed by atoms with Gasteiger partial charge >= 0.3 is 6.09 Å². The molecule has 0 radical (unpaired) electrons. The Hall–Kier alpha value is -0.190. The molecule has 0 unspecified atom stereocenters. The quantitative estimate of drug-likeness (QED) is 0.679. The fourth-order valence-electron chi connectivity index (χ4n) is 1.06. The first-order chi connectivity index (χ1) is 6.40. The van der Waals surface area contributed by atoms with Gasteiger partial charge in [0.2, 0.25) is 9.70 Å². The monoisotopic (exact) mass is 259 g/mol. The average Bonchev–Trinajstić information content (AvgIpc) is 2.46. The predicted octanol–water partition coefficient (Wildman–Crippen LogP) is 2.12. The van der Waals surface area contributed by atoms with Crippen LogP contribution in [-0.2, 0) is 9.53 Å². The van der Waals surface area contributed by atoms with E-state index < -0.39 is 9.89 Å². The van der Waals surface area contributed by atoms with Gasteiger partial charge in [-0.05, 0) is 6.42 Å². The number of carbonyl (C=O) groups is 2. The summed E-state index contributed by atoms with van der Waals surface area (Å²) in [5.74, 6) is -0.251. The normalized spacial score (nSPS) is 17.4. The summed E-state index contributed by atoms with van der Waals surface area (Å²) in [6.45, 7) is 0.0117. The molecule has 80 valence electrons. The molecule has 1 fully saturated rings. The molecule has 0 saturated carbocycles. The number of carbonyl (C=O) groups excluding carboxylic acids is 2. The summed E-state index contributed by atoms with van der Waals surface area (Å²) < 4.78 is 2.99. The van der Waals surface area contributed by atoms with Crippen molar-refractivity contribution in [3.63, 3.8) is 0 Å². The molecular weight excluding hydrogens is 252 g/mol. The van der Waals surface area contributed by atoms with Crippen LogP contribution in [0.25, 0.3) is 0 Å². The van der Waals surface area contributed by atoms with Gasteiger partial charge in [-0.3, -0.25) is 4.79 Å². The summed E-state index contributed by atoms with van der Waals surface area (Å²) in [5.41, 5.74) is 0. The van der Waals surface area contributed by atoms with Crippen molar-refractivity contribution in [2.24, 2.45) is 0 Å². The summed E-state index contributed by atoms with van der Waals surface area (Å²) in [6, 6.07) is 0. The van der Waals surface area contributed by atoms with Crippen LogP contribution in [0.5, 0.6) is 0 Å². The molecule has 14 heavy (non-hydrogen) atoms. The molecule has 0 N–H and O–H groups in total. The maximum Gasteiger partial charge on any atom is 0.416 e. The Kier molecular flexibility index (Phi) is 3.86. The first kappa shape index (κ1) is 11.9. The van der Waals surface area contributed by atoms with Crippen LogP contribution >= 0.6 is 34.8 Å². The van der Waals surface area contributed by atoms with E-state index in [4.69, 9.17) is 34.8 Å². The number of hydrogen-bond donors (Lipinski definition) is 0. The second kappa shape index (κ2) is 4.55. The maximum absolute atomic E-state index is 11.2.